The van der Waals surface area contributed by atoms with Crippen LogP contribution in [0.1, 0.15) is 5.56 Å². The normalized spacial score (nSPS) is 17.4. The zero-order chi connectivity index (χ0) is 19.1. The van der Waals surface area contributed by atoms with Crippen LogP contribution in [0.3, 0.4) is 0 Å². The number of esters is 1. The Labute approximate surface area is 143 Å². The fourth-order valence-corrected chi connectivity index (χ4v) is 2.06. The first-order valence-corrected chi connectivity index (χ1v) is 7.44. The topological polar surface area (TPSA) is 194 Å². The van der Waals surface area contributed by atoms with E-state index >= 15 is 0 Å². The highest BCUT2D eigenvalue weighted by Gasteiger charge is 2.35. The highest BCUT2D eigenvalue weighted by Crippen LogP contribution is 2.25. The van der Waals surface area contributed by atoms with E-state index in [9.17, 15) is 30.3 Å². The molecule has 0 spiro atoms. The van der Waals surface area contributed by atoms with Gasteiger partial charge in [-0.2, -0.15) is 0 Å². The lowest BCUT2D eigenvalue weighted by Crippen LogP contribution is -2.51. The number of nitrogens with two attached hydrogens (primary N) is 1. The predicted molar refractivity (Wildman–Crippen MR) is 83.5 cm³/mol. The van der Waals surface area contributed by atoms with Gasteiger partial charge in [-0.3, -0.25) is 4.79 Å². The van der Waals surface area contributed by atoms with E-state index in [1.165, 1.54) is 18.2 Å². The van der Waals surface area contributed by atoms with Crippen molar-refractivity contribution in [3.8, 4) is 11.5 Å². The fraction of sp³-hybridized carbons (Fsp3) is 0.533. The molecule has 9 N–H and O–H groups in total. The highest BCUT2D eigenvalue weighted by molar-refractivity contribution is 5.76. The van der Waals surface area contributed by atoms with Crippen LogP contribution in [-0.4, -0.2) is 85.4 Å². The van der Waals surface area contributed by atoms with Gasteiger partial charge in [-0.15, -0.1) is 0 Å². The van der Waals surface area contributed by atoms with Crippen LogP contribution in [0.2, 0.25) is 0 Å². The number of aliphatic hydroxyl groups excluding tert-OH is 5. The molecule has 10 heteroatoms. The third-order valence-electron chi connectivity index (χ3n) is 3.53. The SMILES string of the molecule is NC(Cc1ccc(O)c(O)c1)C(=O)O[C@@H]([C@H](O)[C@H](O)CO)[C@H](O)CO. The summed E-state index contributed by atoms with van der Waals surface area (Å²) in [5.74, 6) is -1.78. The van der Waals surface area contributed by atoms with Gasteiger partial charge >= 0.3 is 5.97 Å². The monoisotopic (exact) mass is 361 g/mol. The molecule has 1 rings (SSSR count). The smallest absolute Gasteiger partial charge is 0.323 e. The Kier molecular flexibility index (Phi) is 8.03. The van der Waals surface area contributed by atoms with Crippen molar-refractivity contribution in [2.24, 2.45) is 5.73 Å². The standard InChI is InChI=1S/C15H23NO9/c16-8(3-7-1-2-9(19)10(20)4-7)15(24)25-14(12(22)6-18)13(23)11(21)5-17/h1-2,4,8,11-14,17-23H,3,5-6,16H2/t8?,11-,12-,13-,14-/m1/s1. The summed E-state index contributed by atoms with van der Waals surface area (Å²) in [6.07, 6.45) is -7.05. The molecule has 1 aromatic carbocycles. The number of benzene rings is 1. The molecule has 0 fully saturated rings. The molecule has 0 heterocycles. The summed E-state index contributed by atoms with van der Waals surface area (Å²) in [7, 11) is 0. The van der Waals surface area contributed by atoms with Crippen LogP contribution in [-0.2, 0) is 16.0 Å². The van der Waals surface area contributed by atoms with Crippen LogP contribution in [0.15, 0.2) is 18.2 Å². The molecule has 0 aliphatic rings. The minimum Gasteiger partial charge on any atom is -0.504 e. The molecule has 1 aromatic rings. The Balaban J connectivity index is 2.79. The number of phenols is 2. The molecule has 0 saturated heterocycles. The fourth-order valence-electron chi connectivity index (χ4n) is 2.06. The second-order valence-corrected chi connectivity index (χ2v) is 5.53. The van der Waals surface area contributed by atoms with Crippen LogP contribution >= 0.6 is 0 Å². The number of carbonyl (C=O) groups is 1. The Morgan fingerprint density at radius 2 is 1.64 bits per heavy atom. The van der Waals surface area contributed by atoms with Crippen molar-refractivity contribution in [2.75, 3.05) is 13.2 Å². The van der Waals surface area contributed by atoms with E-state index in [0.717, 1.165) is 0 Å². The lowest BCUT2D eigenvalue weighted by molar-refractivity contribution is -0.178. The summed E-state index contributed by atoms with van der Waals surface area (Å²) in [4.78, 5) is 12.0. The molecule has 0 aliphatic carbocycles. The van der Waals surface area contributed by atoms with Gasteiger partial charge in [-0.25, -0.2) is 0 Å². The molecule has 0 bridgehead atoms. The first-order chi connectivity index (χ1) is 11.7. The number of carbonyl (C=O) groups excluding carboxylic acids is 1. The lowest BCUT2D eigenvalue weighted by Gasteiger charge is -2.29. The molecule has 10 nitrogen and oxygen atoms in total. The number of hydrogen-bond donors (Lipinski definition) is 8. The number of aliphatic hydroxyl groups is 5. The van der Waals surface area contributed by atoms with Gasteiger partial charge in [0, 0.05) is 0 Å². The molecule has 1 unspecified atom stereocenters. The van der Waals surface area contributed by atoms with E-state index < -0.39 is 55.4 Å². The molecular weight excluding hydrogens is 338 g/mol. The molecule has 0 radical (unpaired) electrons. The Morgan fingerprint density at radius 1 is 1.04 bits per heavy atom. The maximum Gasteiger partial charge on any atom is 0.323 e. The largest absolute Gasteiger partial charge is 0.504 e. The van der Waals surface area contributed by atoms with E-state index in [1.54, 1.807) is 0 Å². The quantitative estimate of drug-likeness (QED) is 0.165. The van der Waals surface area contributed by atoms with Gasteiger partial charge < -0.3 is 46.2 Å². The molecule has 0 saturated carbocycles. The van der Waals surface area contributed by atoms with Crippen LogP contribution < -0.4 is 5.73 Å². The van der Waals surface area contributed by atoms with Gasteiger partial charge in [0.1, 0.15) is 24.4 Å². The van der Waals surface area contributed by atoms with Crippen LogP contribution in [0.4, 0.5) is 0 Å². The van der Waals surface area contributed by atoms with Gasteiger partial charge in [0.25, 0.3) is 0 Å². The van der Waals surface area contributed by atoms with Crippen molar-refractivity contribution < 1.29 is 45.3 Å². The third-order valence-corrected chi connectivity index (χ3v) is 3.53. The van der Waals surface area contributed by atoms with Crippen molar-refractivity contribution in [2.45, 2.75) is 36.9 Å². The second kappa shape index (κ2) is 9.51. The molecule has 142 valence electrons. The highest BCUT2D eigenvalue weighted by atomic mass is 16.6. The summed E-state index contributed by atoms with van der Waals surface area (Å²) in [5.41, 5.74) is 6.09. The van der Waals surface area contributed by atoms with Crippen LogP contribution in [0.25, 0.3) is 0 Å². The third kappa shape index (κ3) is 5.81. The van der Waals surface area contributed by atoms with Crippen molar-refractivity contribution in [3.63, 3.8) is 0 Å². The van der Waals surface area contributed by atoms with E-state index in [0.29, 0.717) is 5.56 Å². The number of rotatable bonds is 9. The van der Waals surface area contributed by atoms with Crippen molar-refractivity contribution in [3.05, 3.63) is 23.8 Å². The van der Waals surface area contributed by atoms with Crippen molar-refractivity contribution in [1.82, 2.24) is 0 Å². The summed E-state index contributed by atoms with van der Waals surface area (Å²) < 4.78 is 4.87. The van der Waals surface area contributed by atoms with Crippen molar-refractivity contribution >= 4 is 5.97 Å². The summed E-state index contributed by atoms with van der Waals surface area (Å²) in [5, 5.41) is 65.3. The van der Waals surface area contributed by atoms with Gasteiger partial charge in [-0.05, 0) is 24.1 Å². The van der Waals surface area contributed by atoms with Crippen LogP contribution in [0.5, 0.6) is 11.5 Å². The molecule has 0 aliphatic heterocycles. The Morgan fingerprint density at radius 3 is 2.16 bits per heavy atom. The Bertz CT molecular complexity index is 568. The number of phenolic OH excluding ortho intramolecular Hbond substituents is 2. The maximum atomic E-state index is 12.0. The molecule has 0 amide bonds. The van der Waals surface area contributed by atoms with Crippen LogP contribution in [0, 0.1) is 0 Å². The van der Waals surface area contributed by atoms with E-state index in [4.69, 9.17) is 20.7 Å². The molecular formula is C15H23NO9. The van der Waals surface area contributed by atoms with Gasteiger partial charge in [0.2, 0.25) is 0 Å². The maximum absolute atomic E-state index is 12.0. The molecule has 0 aromatic heterocycles. The number of ether oxygens (including phenoxy) is 1. The number of hydrogen-bond acceptors (Lipinski definition) is 10. The lowest BCUT2D eigenvalue weighted by atomic mass is 10.0. The summed E-state index contributed by atoms with van der Waals surface area (Å²) in [6, 6.07) is 2.58. The Hall–Kier alpha value is -1.95. The minimum absolute atomic E-state index is 0.0900. The van der Waals surface area contributed by atoms with Gasteiger partial charge in [-0.1, -0.05) is 6.07 Å². The minimum atomic E-state index is -1.85. The zero-order valence-corrected chi connectivity index (χ0v) is 13.3. The van der Waals surface area contributed by atoms with Gasteiger partial charge in [0.05, 0.1) is 13.2 Å². The molecule has 5 atom stereocenters. The average molecular weight is 361 g/mol. The second-order valence-electron chi connectivity index (χ2n) is 5.53. The first kappa shape index (κ1) is 21.1. The average Bonchev–Trinajstić information content (AvgIpc) is 2.60. The molecule has 25 heavy (non-hydrogen) atoms. The van der Waals surface area contributed by atoms with E-state index in [1.807, 2.05) is 0 Å². The van der Waals surface area contributed by atoms with E-state index in [-0.39, 0.29) is 12.2 Å². The summed E-state index contributed by atoms with van der Waals surface area (Å²) in [6.45, 7) is -1.72. The van der Waals surface area contributed by atoms with Crippen molar-refractivity contribution in [1.29, 1.82) is 0 Å². The number of aromatic hydroxyl groups is 2. The predicted octanol–water partition coefficient (Wildman–Crippen LogP) is -3.05. The zero-order valence-electron chi connectivity index (χ0n) is 13.3. The summed E-state index contributed by atoms with van der Waals surface area (Å²) >= 11 is 0. The van der Waals surface area contributed by atoms with Gasteiger partial charge in [0.15, 0.2) is 17.6 Å². The first-order valence-electron chi connectivity index (χ1n) is 7.44. The van der Waals surface area contributed by atoms with E-state index in [2.05, 4.69) is 0 Å².